The Hall–Kier alpha value is -1.64. The van der Waals surface area contributed by atoms with Gasteiger partial charge in [-0.1, -0.05) is 6.07 Å². The van der Waals surface area contributed by atoms with Crippen molar-refractivity contribution in [2.75, 3.05) is 0 Å². The Bertz CT molecular complexity index is 352. The van der Waals surface area contributed by atoms with Gasteiger partial charge in [0.2, 0.25) is 0 Å². The third-order valence-corrected chi connectivity index (χ3v) is 1.71. The molecule has 0 amide bonds. The minimum Gasteiger partial charge on any atom is -0.402 e. The number of rotatable bonds is 2. The molecule has 0 atom stereocenters. The van der Waals surface area contributed by atoms with Crippen LogP contribution >= 0.6 is 0 Å². The van der Waals surface area contributed by atoms with Crippen LogP contribution in [0.3, 0.4) is 0 Å². The normalized spacial score (nSPS) is 12.2. The highest BCUT2D eigenvalue weighted by atomic mass is 16.1. The maximum Gasteiger partial charge on any atom is 0.153 e. The summed E-state index contributed by atoms with van der Waals surface area (Å²) in [6, 6.07) is 5.50. The van der Waals surface area contributed by atoms with Gasteiger partial charge in [0.25, 0.3) is 0 Å². The minimum absolute atomic E-state index is 0.462. The molecule has 0 aliphatic rings. The molecule has 0 spiro atoms. The average molecular weight is 176 g/mol. The monoisotopic (exact) mass is 176 g/mol. The second kappa shape index (κ2) is 3.85. The second-order valence-electron chi connectivity index (χ2n) is 2.88. The molecule has 1 heterocycles. The van der Waals surface area contributed by atoms with Gasteiger partial charge in [-0.2, -0.15) is 0 Å². The van der Waals surface area contributed by atoms with Gasteiger partial charge in [0.15, 0.2) is 6.29 Å². The van der Waals surface area contributed by atoms with Crippen LogP contribution in [-0.2, 0) is 4.79 Å². The zero-order valence-electron chi connectivity index (χ0n) is 7.74. The fourth-order valence-electron chi connectivity index (χ4n) is 1.05. The average Bonchev–Trinajstić information content (AvgIpc) is 2.04. The molecule has 1 aromatic rings. The van der Waals surface area contributed by atoms with Crippen LogP contribution in [0.2, 0.25) is 0 Å². The van der Waals surface area contributed by atoms with Gasteiger partial charge < -0.3 is 5.73 Å². The Kier molecular flexibility index (Phi) is 2.80. The lowest BCUT2D eigenvalue weighted by atomic mass is 10.1. The maximum atomic E-state index is 10.7. The standard InChI is InChI=1S/C10H12N2O/c1-7-4-3-5-10(12-7)9(6-13)8(2)11/h3-6H,11H2,1-2H3. The number of hydrogen-bond acceptors (Lipinski definition) is 3. The fraction of sp³-hybridized carbons (Fsp3) is 0.200. The number of aldehydes is 1. The third kappa shape index (κ3) is 2.15. The first-order valence-corrected chi connectivity index (χ1v) is 4.00. The maximum absolute atomic E-state index is 10.7. The molecule has 0 saturated carbocycles. The molecule has 68 valence electrons. The van der Waals surface area contributed by atoms with Crippen molar-refractivity contribution >= 4 is 11.9 Å². The zero-order valence-corrected chi connectivity index (χ0v) is 7.74. The van der Waals surface area contributed by atoms with E-state index < -0.39 is 0 Å². The van der Waals surface area contributed by atoms with E-state index in [1.807, 2.05) is 19.1 Å². The van der Waals surface area contributed by atoms with Crippen molar-refractivity contribution in [3.63, 3.8) is 0 Å². The molecule has 0 aromatic carbocycles. The van der Waals surface area contributed by atoms with Gasteiger partial charge in [-0.15, -0.1) is 0 Å². The molecule has 3 heteroatoms. The van der Waals surface area contributed by atoms with Crippen LogP contribution in [0.5, 0.6) is 0 Å². The molecule has 1 aromatic heterocycles. The van der Waals surface area contributed by atoms with Crippen LogP contribution in [0.25, 0.3) is 5.57 Å². The molecule has 3 nitrogen and oxygen atoms in total. The van der Waals surface area contributed by atoms with Crippen LogP contribution in [0.1, 0.15) is 18.3 Å². The van der Waals surface area contributed by atoms with Gasteiger partial charge in [-0.05, 0) is 26.0 Å². The van der Waals surface area contributed by atoms with E-state index in [9.17, 15) is 4.79 Å². The quantitative estimate of drug-likeness (QED) is 0.545. The fourth-order valence-corrected chi connectivity index (χ4v) is 1.05. The summed E-state index contributed by atoms with van der Waals surface area (Å²) in [7, 11) is 0. The largest absolute Gasteiger partial charge is 0.402 e. The number of aromatic nitrogens is 1. The molecule has 0 bridgehead atoms. The van der Waals surface area contributed by atoms with Crippen LogP contribution in [0.4, 0.5) is 0 Å². The Morgan fingerprint density at radius 1 is 1.54 bits per heavy atom. The molecule has 0 unspecified atom stereocenters. The number of carbonyl (C=O) groups is 1. The Morgan fingerprint density at radius 3 is 2.69 bits per heavy atom. The summed E-state index contributed by atoms with van der Waals surface area (Å²) >= 11 is 0. The summed E-state index contributed by atoms with van der Waals surface area (Å²) < 4.78 is 0. The number of allylic oxidation sites excluding steroid dienone is 2. The highest BCUT2D eigenvalue weighted by Crippen LogP contribution is 2.11. The van der Waals surface area contributed by atoms with Crippen LogP contribution in [-0.4, -0.2) is 11.3 Å². The predicted octanol–water partition coefficient (Wildman–Crippen LogP) is 1.28. The van der Waals surface area contributed by atoms with E-state index in [0.717, 1.165) is 12.0 Å². The lowest BCUT2D eigenvalue weighted by Gasteiger charge is -2.02. The zero-order chi connectivity index (χ0) is 9.84. The smallest absolute Gasteiger partial charge is 0.153 e. The van der Waals surface area contributed by atoms with Crippen molar-refractivity contribution in [1.29, 1.82) is 0 Å². The number of hydrogen-bond donors (Lipinski definition) is 1. The number of pyridine rings is 1. The van der Waals surface area contributed by atoms with E-state index in [-0.39, 0.29) is 0 Å². The molecular weight excluding hydrogens is 164 g/mol. The van der Waals surface area contributed by atoms with E-state index in [4.69, 9.17) is 5.73 Å². The Balaban J connectivity index is 3.21. The highest BCUT2D eigenvalue weighted by molar-refractivity contribution is 6.06. The number of nitrogens with zero attached hydrogens (tertiary/aromatic N) is 1. The van der Waals surface area contributed by atoms with Crippen molar-refractivity contribution in [2.24, 2.45) is 5.73 Å². The SMILES string of the molecule is CC(N)=C(C=O)c1cccc(C)n1. The van der Waals surface area contributed by atoms with Crippen LogP contribution in [0.15, 0.2) is 23.9 Å². The van der Waals surface area contributed by atoms with E-state index in [1.165, 1.54) is 0 Å². The first-order chi connectivity index (χ1) is 6.15. The second-order valence-corrected chi connectivity index (χ2v) is 2.88. The van der Waals surface area contributed by atoms with E-state index in [0.29, 0.717) is 17.0 Å². The number of aryl methyl sites for hydroxylation is 1. The van der Waals surface area contributed by atoms with Gasteiger partial charge in [0.05, 0.1) is 11.3 Å². The van der Waals surface area contributed by atoms with Crippen molar-refractivity contribution in [1.82, 2.24) is 4.98 Å². The molecule has 0 saturated heterocycles. The van der Waals surface area contributed by atoms with Crippen molar-refractivity contribution in [2.45, 2.75) is 13.8 Å². The summed E-state index contributed by atoms with van der Waals surface area (Å²) in [5.41, 5.74) is 8.00. The lowest BCUT2D eigenvalue weighted by molar-refractivity contribution is -0.103. The van der Waals surface area contributed by atoms with E-state index in [2.05, 4.69) is 4.98 Å². The van der Waals surface area contributed by atoms with Crippen LogP contribution in [0, 0.1) is 6.92 Å². The Morgan fingerprint density at radius 2 is 2.23 bits per heavy atom. The van der Waals surface area contributed by atoms with E-state index in [1.54, 1.807) is 13.0 Å². The van der Waals surface area contributed by atoms with Crippen molar-refractivity contribution in [3.8, 4) is 0 Å². The summed E-state index contributed by atoms with van der Waals surface area (Å²) in [5, 5.41) is 0. The summed E-state index contributed by atoms with van der Waals surface area (Å²) in [6.07, 6.45) is 0.733. The molecule has 0 aliphatic heterocycles. The van der Waals surface area contributed by atoms with Gasteiger partial charge in [-0.25, -0.2) is 0 Å². The first kappa shape index (κ1) is 9.45. The summed E-state index contributed by atoms with van der Waals surface area (Å²) in [5.74, 6) is 0. The number of carbonyl (C=O) groups excluding carboxylic acids is 1. The molecule has 2 N–H and O–H groups in total. The van der Waals surface area contributed by atoms with Gasteiger partial charge >= 0.3 is 0 Å². The molecule has 0 aliphatic carbocycles. The first-order valence-electron chi connectivity index (χ1n) is 4.00. The summed E-state index contributed by atoms with van der Waals surface area (Å²) in [6.45, 7) is 3.56. The van der Waals surface area contributed by atoms with Gasteiger partial charge in [0, 0.05) is 11.4 Å². The third-order valence-electron chi connectivity index (χ3n) is 1.71. The topological polar surface area (TPSA) is 56.0 Å². The van der Waals surface area contributed by atoms with Crippen LogP contribution < -0.4 is 5.73 Å². The van der Waals surface area contributed by atoms with Crippen molar-refractivity contribution < 1.29 is 4.79 Å². The minimum atomic E-state index is 0.462. The van der Waals surface area contributed by atoms with Crippen molar-refractivity contribution in [3.05, 3.63) is 35.3 Å². The lowest BCUT2D eigenvalue weighted by Crippen LogP contribution is -2.01. The van der Waals surface area contributed by atoms with E-state index >= 15 is 0 Å². The summed E-state index contributed by atoms with van der Waals surface area (Å²) in [4.78, 5) is 14.9. The predicted molar refractivity (Wildman–Crippen MR) is 51.8 cm³/mol. The Labute approximate surface area is 77.3 Å². The van der Waals surface area contributed by atoms with Gasteiger partial charge in [0.1, 0.15) is 0 Å². The molecule has 1 rings (SSSR count). The molecule has 0 fully saturated rings. The number of nitrogens with two attached hydrogens (primary N) is 1. The highest BCUT2D eigenvalue weighted by Gasteiger charge is 2.03. The molecule has 13 heavy (non-hydrogen) atoms. The van der Waals surface area contributed by atoms with Gasteiger partial charge in [-0.3, -0.25) is 9.78 Å². The molecular formula is C10H12N2O. The molecule has 0 radical (unpaired) electrons.